The van der Waals surface area contributed by atoms with Crippen molar-refractivity contribution in [3.05, 3.63) is 0 Å². The first-order valence-corrected chi connectivity index (χ1v) is 16.3. The van der Waals surface area contributed by atoms with Crippen molar-refractivity contribution >= 4 is 18.3 Å². The predicted octanol–water partition coefficient (Wildman–Crippen LogP) is 5.40. The average Bonchev–Trinajstić information content (AvgIpc) is 3.38. The lowest BCUT2D eigenvalue weighted by Crippen LogP contribution is -2.58. The highest BCUT2D eigenvalue weighted by Crippen LogP contribution is 2.34. The summed E-state index contributed by atoms with van der Waals surface area (Å²) in [5.74, 6) is 0. The fourth-order valence-electron chi connectivity index (χ4n) is 6.21. The van der Waals surface area contributed by atoms with Gasteiger partial charge in [0.25, 0.3) is 0 Å². The van der Waals surface area contributed by atoms with Crippen molar-refractivity contribution in [2.45, 2.75) is 156 Å². The van der Waals surface area contributed by atoms with Crippen LogP contribution in [0.15, 0.2) is 0 Å². The van der Waals surface area contributed by atoms with E-state index < -0.39 is 52.3 Å². The highest BCUT2D eigenvalue weighted by atomic mass is 16.6. The summed E-state index contributed by atoms with van der Waals surface area (Å²) in [4.78, 5) is 47.6. The van der Waals surface area contributed by atoms with Crippen LogP contribution in [0.1, 0.15) is 104 Å². The van der Waals surface area contributed by atoms with Crippen LogP contribution in [0.3, 0.4) is 0 Å². The van der Waals surface area contributed by atoms with E-state index in [4.69, 9.17) is 28.4 Å². The minimum Gasteiger partial charge on any atom is -0.444 e. The molecule has 3 amide bonds. The van der Waals surface area contributed by atoms with Crippen molar-refractivity contribution in [2.24, 2.45) is 0 Å². The van der Waals surface area contributed by atoms with Crippen LogP contribution in [0.25, 0.3) is 0 Å². The van der Waals surface area contributed by atoms with Crippen LogP contribution in [-0.2, 0) is 28.4 Å². The van der Waals surface area contributed by atoms with Gasteiger partial charge in [0.05, 0.1) is 37.9 Å². The van der Waals surface area contributed by atoms with Gasteiger partial charge in [-0.3, -0.25) is 19.6 Å². The SMILES string of the molecule is CC(C)(C)OC(=O)N1[C@H](CN(C[C@@H]2COC(C)(C)N2C(=O)OC(C)(C)C)C[C@@H]2COC(C)(C)N2C(=O)OC(C)(C)C)COC1(C)C. The Labute approximate surface area is 276 Å². The van der Waals surface area contributed by atoms with E-state index >= 15 is 0 Å². The number of hydrogen-bond donors (Lipinski definition) is 0. The van der Waals surface area contributed by atoms with E-state index in [0.29, 0.717) is 19.6 Å². The Kier molecular flexibility index (Phi) is 10.7. The number of nitrogens with zero attached hydrogens (tertiary/aromatic N) is 4. The third-order valence-electron chi connectivity index (χ3n) is 7.90. The molecule has 0 radical (unpaired) electrons. The van der Waals surface area contributed by atoms with Gasteiger partial charge in [0.2, 0.25) is 0 Å². The Hall–Kier alpha value is -2.35. The van der Waals surface area contributed by atoms with Crippen molar-refractivity contribution < 1.29 is 42.8 Å². The van der Waals surface area contributed by atoms with E-state index in [2.05, 4.69) is 4.90 Å². The van der Waals surface area contributed by atoms with E-state index in [-0.39, 0.29) is 37.9 Å². The van der Waals surface area contributed by atoms with Gasteiger partial charge in [-0.05, 0) is 104 Å². The van der Waals surface area contributed by atoms with Gasteiger partial charge in [-0.2, -0.15) is 0 Å². The largest absolute Gasteiger partial charge is 0.444 e. The van der Waals surface area contributed by atoms with Gasteiger partial charge in [0.15, 0.2) is 0 Å². The second-order valence-corrected chi connectivity index (χ2v) is 17.0. The maximum absolute atomic E-state index is 13.5. The van der Waals surface area contributed by atoms with Gasteiger partial charge >= 0.3 is 18.3 Å². The molecule has 3 aliphatic rings. The molecule has 46 heavy (non-hydrogen) atoms. The molecule has 13 nitrogen and oxygen atoms in total. The molecule has 0 aliphatic carbocycles. The molecule has 0 aromatic carbocycles. The summed E-state index contributed by atoms with van der Waals surface area (Å²) in [6.07, 6.45) is -1.41. The molecule has 3 fully saturated rings. The van der Waals surface area contributed by atoms with Crippen LogP contribution in [0.2, 0.25) is 0 Å². The first kappa shape index (κ1) is 38.1. The second-order valence-electron chi connectivity index (χ2n) is 17.0. The van der Waals surface area contributed by atoms with Crippen LogP contribution in [0.4, 0.5) is 14.4 Å². The summed E-state index contributed by atoms with van der Waals surface area (Å²) in [6.45, 7) is 29.5. The van der Waals surface area contributed by atoms with E-state index in [9.17, 15) is 14.4 Å². The Balaban J connectivity index is 1.97. The third-order valence-corrected chi connectivity index (χ3v) is 7.90. The molecule has 0 aromatic rings. The highest BCUT2D eigenvalue weighted by Gasteiger charge is 2.51. The first-order chi connectivity index (χ1) is 20.6. The molecule has 3 aliphatic heterocycles. The van der Waals surface area contributed by atoms with Crippen molar-refractivity contribution in [2.75, 3.05) is 39.5 Å². The quantitative estimate of drug-likeness (QED) is 0.344. The van der Waals surface area contributed by atoms with E-state index in [1.54, 1.807) is 14.7 Å². The molecule has 3 saturated heterocycles. The van der Waals surface area contributed by atoms with Crippen molar-refractivity contribution in [1.82, 2.24) is 19.6 Å². The number of amides is 3. The molecule has 266 valence electrons. The molecule has 0 spiro atoms. The van der Waals surface area contributed by atoms with Crippen LogP contribution in [0, 0.1) is 0 Å². The maximum atomic E-state index is 13.5. The smallest absolute Gasteiger partial charge is 0.412 e. The van der Waals surface area contributed by atoms with Crippen molar-refractivity contribution in [3.63, 3.8) is 0 Å². The molecule has 0 bridgehead atoms. The number of rotatable bonds is 6. The summed E-state index contributed by atoms with van der Waals surface area (Å²) < 4.78 is 35.7. The zero-order valence-corrected chi connectivity index (χ0v) is 30.9. The summed E-state index contributed by atoms with van der Waals surface area (Å²) in [6, 6.07) is -1.12. The summed E-state index contributed by atoms with van der Waals surface area (Å²) in [5, 5.41) is 0. The molecular weight excluding hydrogens is 596 g/mol. The van der Waals surface area contributed by atoms with Gasteiger partial charge in [-0.1, -0.05) is 0 Å². The minimum atomic E-state index is -0.902. The minimum absolute atomic E-state index is 0.285. The van der Waals surface area contributed by atoms with Gasteiger partial charge in [0.1, 0.15) is 34.0 Å². The standard InChI is InChI=1S/C33H60N4O9/c1-28(2,3)44-25(38)35-22(19-41-31(35,10)11)16-34(17-23-20-42-32(12,13)36(23)26(39)45-29(4,5)6)18-24-21-43-33(14,15)37(24)27(40)46-30(7,8)9/h22-24H,16-21H2,1-15H3/t22-,23-,24-/m1/s1. The lowest BCUT2D eigenvalue weighted by Gasteiger charge is -2.40. The van der Waals surface area contributed by atoms with Gasteiger partial charge in [-0.25, -0.2) is 14.4 Å². The van der Waals surface area contributed by atoms with Crippen LogP contribution in [0.5, 0.6) is 0 Å². The number of carbonyl (C=O) groups excluding carboxylic acids is 3. The van der Waals surface area contributed by atoms with E-state index in [1.165, 1.54) is 0 Å². The second kappa shape index (κ2) is 12.9. The summed E-state index contributed by atoms with van der Waals surface area (Å²) in [5.41, 5.74) is -4.79. The van der Waals surface area contributed by atoms with Crippen molar-refractivity contribution in [1.29, 1.82) is 0 Å². The number of hydrogen-bond acceptors (Lipinski definition) is 10. The van der Waals surface area contributed by atoms with Gasteiger partial charge < -0.3 is 28.4 Å². The normalized spacial score (nSPS) is 26.1. The molecule has 3 atom stereocenters. The van der Waals surface area contributed by atoms with Gasteiger partial charge in [0, 0.05) is 19.6 Å². The molecular formula is C33H60N4O9. The number of carbonyl (C=O) groups is 3. The third kappa shape index (κ3) is 9.60. The topological polar surface area (TPSA) is 120 Å². The lowest BCUT2D eigenvalue weighted by molar-refractivity contribution is -0.0651. The highest BCUT2D eigenvalue weighted by molar-refractivity contribution is 5.71. The number of ether oxygens (including phenoxy) is 6. The molecule has 0 aromatic heterocycles. The zero-order valence-electron chi connectivity index (χ0n) is 30.9. The molecule has 0 unspecified atom stereocenters. The first-order valence-electron chi connectivity index (χ1n) is 16.3. The summed E-state index contributed by atoms with van der Waals surface area (Å²) >= 11 is 0. The van der Waals surface area contributed by atoms with Crippen molar-refractivity contribution in [3.8, 4) is 0 Å². The van der Waals surface area contributed by atoms with Crippen LogP contribution < -0.4 is 0 Å². The average molecular weight is 657 g/mol. The predicted molar refractivity (Wildman–Crippen MR) is 172 cm³/mol. The molecule has 13 heteroatoms. The Morgan fingerprint density at radius 1 is 0.543 bits per heavy atom. The van der Waals surface area contributed by atoms with Gasteiger partial charge in [-0.15, -0.1) is 0 Å². The molecule has 3 rings (SSSR count). The molecule has 3 heterocycles. The van der Waals surface area contributed by atoms with E-state index in [0.717, 1.165) is 0 Å². The van der Waals surface area contributed by atoms with Crippen LogP contribution in [-0.4, -0.2) is 129 Å². The van der Waals surface area contributed by atoms with Crippen LogP contribution >= 0.6 is 0 Å². The fraction of sp³-hybridized carbons (Fsp3) is 0.909. The Morgan fingerprint density at radius 3 is 0.957 bits per heavy atom. The Morgan fingerprint density at radius 2 is 0.761 bits per heavy atom. The zero-order chi connectivity index (χ0) is 35.3. The monoisotopic (exact) mass is 656 g/mol. The maximum Gasteiger partial charge on any atom is 0.412 e. The molecule has 0 N–H and O–H groups in total. The summed E-state index contributed by atoms with van der Waals surface area (Å²) in [7, 11) is 0. The fourth-order valence-corrected chi connectivity index (χ4v) is 6.21. The Bertz CT molecular complexity index is 982. The lowest BCUT2D eigenvalue weighted by atomic mass is 10.1. The van der Waals surface area contributed by atoms with E-state index in [1.807, 2.05) is 104 Å². The molecule has 0 saturated carbocycles.